The van der Waals surface area contributed by atoms with Crippen molar-refractivity contribution in [2.75, 3.05) is 0 Å². The molecule has 0 aliphatic carbocycles. The van der Waals surface area contributed by atoms with Gasteiger partial charge in [-0.15, -0.1) is 0 Å². The average molecular weight is 201 g/mol. The summed E-state index contributed by atoms with van der Waals surface area (Å²) in [6.07, 6.45) is 5.64. The monoisotopic (exact) mass is 201 g/mol. The first-order valence-electron chi connectivity index (χ1n) is 4.63. The minimum atomic E-state index is -0.687. The Morgan fingerprint density at radius 2 is 1.93 bits per heavy atom. The molecule has 2 aromatic heterocycles. The first-order valence-corrected chi connectivity index (χ1v) is 4.63. The van der Waals surface area contributed by atoms with E-state index in [0.717, 1.165) is 11.3 Å². The van der Waals surface area contributed by atoms with Crippen LogP contribution in [-0.2, 0) is 0 Å². The largest absolute Gasteiger partial charge is 0.384 e. The molecule has 0 aromatic carbocycles. The van der Waals surface area contributed by atoms with Crippen molar-refractivity contribution in [3.8, 4) is 0 Å². The molecule has 2 heterocycles. The average Bonchev–Trinajstić information content (AvgIpc) is 2.29. The summed E-state index contributed by atoms with van der Waals surface area (Å²) in [5.41, 5.74) is 2.36. The van der Waals surface area contributed by atoms with Gasteiger partial charge in [-0.05, 0) is 24.6 Å². The van der Waals surface area contributed by atoms with E-state index in [0.29, 0.717) is 5.56 Å². The van der Waals surface area contributed by atoms with Gasteiger partial charge in [0.25, 0.3) is 0 Å². The van der Waals surface area contributed by atoms with Gasteiger partial charge >= 0.3 is 0 Å². The van der Waals surface area contributed by atoms with Gasteiger partial charge in [-0.2, -0.15) is 0 Å². The van der Waals surface area contributed by atoms with Crippen molar-refractivity contribution in [1.29, 1.82) is 0 Å². The predicted molar refractivity (Wildman–Crippen MR) is 55.1 cm³/mol. The van der Waals surface area contributed by atoms with Crippen LogP contribution in [0.25, 0.3) is 0 Å². The summed E-state index contributed by atoms with van der Waals surface area (Å²) in [5.74, 6) is 0. The van der Waals surface area contributed by atoms with Gasteiger partial charge in [0.15, 0.2) is 0 Å². The molecule has 0 radical (unpaired) electrons. The zero-order valence-electron chi connectivity index (χ0n) is 8.33. The topological polar surface area (TPSA) is 58.9 Å². The standard InChI is InChI=1S/C11H11N3O/c1-8-4-9(2-3-14-8)11(15)10-5-12-7-13-6-10/h2-7,11,15H,1H3. The van der Waals surface area contributed by atoms with Gasteiger partial charge in [-0.1, -0.05) is 0 Å². The fourth-order valence-corrected chi connectivity index (χ4v) is 1.38. The molecule has 1 N–H and O–H groups in total. The van der Waals surface area contributed by atoms with Gasteiger partial charge in [-0.25, -0.2) is 9.97 Å². The Morgan fingerprint density at radius 3 is 2.60 bits per heavy atom. The third-order valence-corrected chi connectivity index (χ3v) is 2.13. The van der Waals surface area contributed by atoms with Crippen molar-refractivity contribution in [3.63, 3.8) is 0 Å². The summed E-state index contributed by atoms with van der Waals surface area (Å²) in [6.45, 7) is 1.89. The molecule has 0 amide bonds. The molecule has 76 valence electrons. The number of rotatable bonds is 2. The van der Waals surface area contributed by atoms with E-state index in [1.54, 1.807) is 24.7 Å². The second-order valence-corrected chi connectivity index (χ2v) is 3.30. The Labute approximate surface area is 87.7 Å². The molecule has 2 rings (SSSR count). The van der Waals surface area contributed by atoms with Crippen molar-refractivity contribution in [2.24, 2.45) is 0 Å². The van der Waals surface area contributed by atoms with Gasteiger partial charge < -0.3 is 5.11 Å². The molecule has 15 heavy (non-hydrogen) atoms. The molecule has 2 aromatic rings. The predicted octanol–water partition coefficient (Wildman–Crippen LogP) is 1.26. The lowest BCUT2D eigenvalue weighted by Crippen LogP contribution is -2.01. The highest BCUT2D eigenvalue weighted by molar-refractivity contribution is 5.26. The van der Waals surface area contributed by atoms with E-state index in [9.17, 15) is 5.11 Å². The molecular weight excluding hydrogens is 190 g/mol. The Balaban J connectivity index is 2.32. The third-order valence-electron chi connectivity index (χ3n) is 2.13. The minimum Gasteiger partial charge on any atom is -0.384 e. The van der Waals surface area contributed by atoms with Crippen LogP contribution in [0.4, 0.5) is 0 Å². The minimum absolute atomic E-state index is 0.683. The van der Waals surface area contributed by atoms with Crippen molar-refractivity contribution in [1.82, 2.24) is 15.0 Å². The molecular formula is C11H11N3O. The SMILES string of the molecule is Cc1cc(C(O)c2cncnc2)ccn1. The van der Waals surface area contributed by atoms with E-state index in [4.69, 9.17) is 0 Å². The summed E-state index contributed by atoms with van der Waals surface area (Å²) >= 11 is 0. The quantitative estimate of drug-likeness (QED) is 0.794. The Kier molecular flexibility index (Phi) is 2.69. The van der Waals surface area contributed by atoms with Crippen LogP contribution >= 0.6 is 0 Å². The zero-order chi connectivity index (χ0) is 10.7. The molecule has 0 spiro atoms. The van der Waals surface area contributed by atoms with Crippen LogP contribution in [0.3, 0.4) is 0 Å². The summed E-state index contributed by atoms with van der Waals surface area (Å²) in [4.78, 5) is 11.8. The fraction of sp³-hybridized carbons (Fsp3) is 0.182. The van der Waals surface area contributed by atoms with Crippen molar-refractivity contribution in [2.45, 2.75) is 13.0 Å². The van der Waals surface area contributed by atoms with Crippen LogP contribution in [0, 0.1) is 6.92 Å². The lowest BCUT2D eigenvalue weighted by Gasteiger charge is -2.10. The number of aliphatic hydroxyl groups is 1. The van der Waals surface area contributed by atoms with Gasteiger partial charge in [0.2, 0.25) is 0 Å². The van der Waals surface area contributed by atoms with E-state index in [-0.39, 0.29) is 0 Å². The molecule has 1 atom stereocenters. The molecule has 1 unspecified atom stereocenters. The molecule has 4 heteroatoms. The van der Waals surface area contributed by atoms with Crippen LogP contribution < -0.4 is 0 Å². The number of pyridine rings is 1. The maximum atomic E-state index is 10.0. The Morgan fingerprint density at radius 1 is 1.20 bits per heavy atom. The van der Waals surface area contributed by atoms with Gasteiger partial charge in [0.05, 0.1) is 0 Å². The normalized spacial score (nSPS) is 12.4. The number of aromatic nitrogens is 3. The summed E-state index contributed by atoms with van der Waals surface area (Å²) in [5, 5.41) is 10.0. The maximum absolute atomic E-state index is 10.0. The Bertz CT molecular complexity index is 445. The molecule has 0 aliphatic heterocycles. The van der Waals surface area contributed by atoms with Crippen LogP contribution in [0.1, 0.15) is 22.9 Å². The summed E-state index contributed by atoms with van der Waals surface area (Å²) in [6, 6.07) is 3.63. The maximum Gasteiger partial charge on any atom is 0.115 e. The zero-order valence-corrected chi connectivity index (χ0v) is 8.33. The second-order valence-electron chi connectivity index (χ2n) is 3.30. The smallest absolute Gasteiger partial charge is 0.115 e. The molecule has 4 nitrogen and oxygen atoms in total. The van der Waals surface area contributed by atoms with E-state index < -0.39 is 6.10 Å². The number of hydrogen-bond acceptors (Lipinski definition) is 4. The molecule has 0 fully saturated rings. The summed E-state index contributed by atoms with van der Waals surface area (Å²) in [7, 11) is 0. The molecule has 0 saturated heterocycles. The number of hydrogen-bond donors (Lipinski definition) is 1. The lowest BCUT2D eigenvalue weighted by atomic mass is 10.1. The van der Waals surface area contributed by atoms with Crippen molar-refractivity contribution < 1.29 is 5.11 Å². The molecule has 0 saturated carbocycles. The number of nitrogens with zero attached hydrogens (tertiary/aromatic N) is 3. The van der Waals surface area contributed by atoms with Gasteiger partial charge in [0.1, 0.15) is 12.4 Å². The van der Waals surface area contributed by atoms with Gasteiger partial charge in [-0.3, -0.25) is 4.98 Å². The highest BCUT2D eigenvalue weighted by Gasteiger charge is 2.10. The van der Waals surface area contributed by atoms with E-state index >= 15 is 0 Å². The molecule has 0 bridgehead atoms. The lowest BCUT2D eigenvalue weighted by molar-refractivity contribution is 0.219. The summed E-state index contributed by atoms with van der Waals surface area (Å²) < 4.78 is 0. The van der Waals surface area contributed by atoms with E-state index in [1.165, 1.54) is 6.33 Å². The van der Waals surface area contributed by atoms with Crippen molar-refractivity contribution in [3.05, 3.63) is 53.9 Å². The van der Waals surface area contributed by atoms with E-state index in [2.05, 4.69) is 15.0 Å². The van der Waals surface area contributed by atoms with Crippen LogP contribution in [0.15, 0.2) is 37.1 Å². The Hall–Kier alpha value is -1.81. The number of aliphatic hydroxyl groups excluding tert-OH is 1. The van der Waals surface area contributed by atoms with E-state index in [1.807, 2.05) is 13.0 Å². The molecule has 0 aliphatic rings. The number of aryl methyl sites for hydroxylation is 1. The third kappa shape index (κ3) is 2.16. The van der Waals surface area contributed by atoms with Crippen molar-refractivity contribution >= 4 is 0 Å². The first-order chi connectivity index (χ1) is 7.27. The second kappa shape index (κ2) is 4.14. The van der Waals surface area contributed by atoms with Crippen LogP contribution in [-0.4, -0.2) is 20.1 Å². The highest BCUT2D eigenvalue weighted by atomic mass is 16.3. The first kappa shape index (κ1) is 9.73. The van der Waals surface area contributed by atoms with Gasteiger partial charge in [0, 0.05) is 29.8 Å². The fourth-order valence-electron chi connectivity index (χ4n) is 1.38. The van der Waals surface area contributed by atoms with Crippen LogP contribution in [0.2, 0.25) is 0 Å². The van der Waals surface area contributed by atoms with Crippen LogP contribution in [0.5, 0.6) is 0 Å². The highest BCUT2D eigenvalue weighted by Crippen LogP contribution is 2.19.